The van der Waals surface area contributed by atoms with Crippen molar-refractivity contribution in [3.05, 3.63) is 35.9 Å². The van der Waals surface area contributed by atoms with E-state index in [1.165, 1.54) is 7.11 Å². The lowest BCUT2D eigenvalue weighted by molar-refractivity contribution is -0.0564. The predicted octanol–water partition coefficient (Wildman–Crippen LogP) is 2.64. The van der Waals surface area contributed by atoms with Crippen LogP contribution >= 0.6 is 0 Å². The van der Waals surface area contributed by atoms with Crippen molar-refractivity contribution >= 4 is 21.7 Å². The molecule has 24 heavy (non-hydrogen) atoms. The van der Waals surface area contributed by atoms with Gasteiger partial charge in [0.1, 0.15) is 11.6 Å². The number of aliphatic imine (C=N–C) groups is 1. The zero-order valence-corrected chi connectivity index (χ0v) is 13.6. The smallest absolute Gasteiger partial charge is 0.497 e. The maximum atomic E-state index is 12.5. The first kappa shape index (κ1) is 18.3. The molecule has 0 aliphatic carbocycles. The quantitative estimate of drug-likeness (QED) is 0.642. The van der Waals surface area contributed by atoms with Gasteiger partial charge in [-0.3, -0.25) is 0 Å². The Morgan fingerprint density at radius 2 is 2.04 bits per heavy atom. The van der Waals surface area contributed by atoms with Crippen molar-refractivity contribution in [3.63, 3.8) is 0 Å². The summed E-state index contributed by atoms with van der Waals surface area (Å²) < 4.78 is 69.1. The van der Waals surface area contributed by atoms with Gasteiger partial charge in [-0.25, -0.2) is 9.18 Å². The van der Waals surface area contributed by atoms with Crippen LogP contribution in [0.15, 0.2) is 35.3 Å². The SMILES string of the molecule is CCC1=NC(c2cccc(OC)c2)=CC(OS(=O)(=O)C(F)(F)F)N1. The van der Waals surface area contributed by atoms with Gasteiger partial charge in [-0.05, 0) is 18.2 Å². The summed E-state index contributed by atoms with van der Waals surface area (Å²) in [6.45, 7) is 1.72. The maximum absolute atomic E-state index is 12.5. The molecular weight excluding hydrogens is 349 g/mol. The first-order valence-corrected chi connectivity index (χ1v) is 8.27. The highest BCUT2D eigenvalue weighted by Gasteiger charge is 2.48. The standard InChI is InChI=1S/C14H15F3N2O4S/c1-3-12-18-11(9-5-4-6-10(7-9)22-2)8-13(19-12)23-24(20,21)14(15,16)17/h4-8,13H,3H2,1-2H3,(H,18,19). The Morgan fingerprint density at radius 3 is 2.62 bits per heavy atom. The van der Waals surface area contributed by atoms with E-state index < -0.39 is 21.9 Å². The zero-order chi connectivity index (χ0) is 18.0. The number of methoxy groups -OCH3 is 1. The maximum Gasteiger partial charge on any atom is 0.523 e. The molecule has 1 aromatic rings. The number of rotatable bonds is 5. The van der Waals surface area contributed by atoms with Gasteiger partial charge in [-0.15, -0.1) is 0 Å². The van der Waals surface area contributed by atoms with E-state index in [9.17, 15) is 21.6 Å². The van der Waals surface area contributed by atoms with Gasteiger partial charge in [0.05, 0.1) is 12.8 Å². The molecule has 0 radical (unpaired) electrons. The van der Waals surface area contributed by atoms with Crippen molar-refractivity contribution in [1.82, 2.24) is 5.32 Å². The molecule has 0 saturated heterocycles. The number of ether oxygens (including phenoxy) is 1. The molecule has 1 heterocycles. The van der Waals surface area contributed by atoms with Crippen LogP contribution in [0.3, 0.4) is 0 Å². The third kappa shape index (κ3) is 4.06. The minimum Gasteiger partial charge on any atom is -0.497 e. The number of alkyl halides is 3. The lowest BCUT2D eigenvalue weighted by Crippen LogP contribution is -2.41. The number of hydrogen-bond acceptors (Lipinski definition) is 6. The highest BCUT2D eigenvalue weighted by atomic mass is 32.2. The van der Waals surface area contributed by atoms with Crippen molar-refractivity contribution in [2.75, 3.05) is 7.11 Å². The lowest BCUT2D eigenvalue weighted by atomic mass is 10.1. The van der Waals surface area contributed by atoms with E-state index in [1.54, 1.807) is 31.2 Å². The Labute approximate surface area is 137 Å². The first-order valence-electron chi connectivity index (χ1n) is 6.86. The van der Waals surface area contributed by atoms with Crippen LogP contribution in [0.25, 0.3) is 5.70 Å². The average Bonchev–Trinajstić information content (AvgIpc) is 2.53. The van der Waals surface area contributed by atoms with Crippen LogP contribution in [0.2, 0.25) is 0 Å². The molecule has 1 atom stereocenters. The fourth-order valence-electron chi connectivity index (χ4n) is 1.93. The Bertz CT molecular complexity index is 772. The van der Waals surface area contributed by atoms with E-state index in [0.717, 1.165) is 6.08 Å². The summed E-state index contributed by atoms with van der Waals surface area (Å²) in [6, 6.07) is 6.67. The molecule has 0 aromatic heterocycles. The molecule has 1 aliphatic heterocycles. The van der Waals surface area contributed by atoms with Gasteiger partial charge in [-0.2, -0.15) is 21.6 Å². The van der Waals surface area contributed by atoms with E-state index in [2.05, 4.69) is 14.5 Å². The normalized spacial score (nSPS) is 18.5. The van der Waals surface area contributed by atoms with Crippen molar-refractivity contribution in [2.24, 2.45) is 4.99 Å². The van der Waals surface area contributed by atoms with Crippen LogP contribution in [-0.2, 0) is 14.3 Å². The van der Waals surface area contributed by atoms with Gasteiger partial charge in [0, 0.05) is 12.0 Å². The van der Waals surface area contributed by atoms with Crippen LogP contribution in [0, 0.1) is 0 Å². The van der Waals surface area contributed by atoms with Crippen LogP contribution < -0.4 is 10.1 Å². The number of benzene rings is 1. The number of halogens is 3. The van der Waals surface area contributed by atoms with Gasteiger partial charge in [0.15, 0.2) is 6.23 Å². The third-order valence-corrected chi connectivity index (χ3v) is 4.12. The molecule has 0 saturated carbocycles. The topological polar surface area (TPSA) is 77.0 Å². The van der Waals surface area contributed by atoms with Gasteiger partial charge < -0.3 is 10.1 Å². The minimum atomic E-state index is -5.73. The van der Waals surface area contributed by atoms with Crippen LogP contribution in [-0.4, -0.2) is 33.1 Å². The Balaban J connectivity index is 2.35. The number of amidine groups is 1. The summed E-state index contributed by atoms with van der Waals surface area (Å²) >= 11 is 0. The fourth-order valence-corrected chi connectivity index (χ4v) is 2.42. The second-order valence-electron chi connectivity index (χ2n) is 4.76. The van der Waals surface area contributed by atoms with Gasteiger partial charge in [-0.1, -0.05) is 19.1 Å². The Morgan fingerprint density at radius 1 is 1.33 bits per heavy atom. The fraction of sp³-hybridized carbons (Fsp3) is 0.357. The van der Waals surface area contributed by atoms with Crippen LogP contribution in [0.1, 0.15) is 18.9 Å². The van der Waals surface area contributed by atoms with E-state index in [4.69, 9.17) is 4.74 Å². The lowest BCUT2D eigenvalue weighted by Gasteiger charge is -2.23. The summed E-state index contributed by atoms with van der Waals surface area (Å²) in [5.41, 5.74) is -4.66. The van der Waals surface area contributed by atoms with E-state index >= 15 is 0 Å². The monoisotopic (exact) mass is 364 g/mol. The van der Waals surface area contributed by atoms with Crippen LogP contribution in [0.5, 0.6) is 5.75 Å². The molecule has 1 unspecified atom stereocenters. The van der Waals surface area contributed by atoms with Gasteiger partial charge >= 0.3 is 15.6 Å². The van der Waals surface area contributed by atoms with E-state index in [1.807, 2.05) is 0 Å². The molecule has 0 spiro atoms. The molecule has 2 rings (SSSR count). The highest BCUT2D eigenvalue weighted by molar-refractivity contribution is 7.87. The summed E-state index contributed by atoms with van der Waals surface area (Å²) in [7, 11) is -4.26. The number of nitrogens with one attached hydrogen (secondary N) is 1. The highest BCUT2D eigenvalue weighted by Crippen LogP contribution is 2.28. The molecule has 0 fully saturated rings. The largest absolute Gasteiger partial charge is 0.523 e. The summed E-state index contributed by atoms with van der Waals surface area (Å²) in [5, 5.41) is 2.50. The Kier molecular flexibility index (Phi) is 5.19. The summed E-state index contributed by atoms with van der Waals surface area (Å²) in [4.78, 5) is 4.24. The van der Waals surface area contributed by atoms with Gasteiger partial charge in [0.25, 0.3) is 0 Å². The van der Waals surface area contributed by atoms with E-state index in [-0.39, 0.29) is 5.70 Å². The average molecular weight is 364 g/mol. The Hall–Kier alpha value is -2.07. The molecular formula is C14H15F3N2O4S. The van der Waals surface area contributed by atoms with Crippen LogP contribution in [0.4, 0.5) is 13.2 Å². The summed E-state index contributed by atoms with van der Waals surface area (Å²) in [5.74, 6) is 0.832. The molecule has 1 N–H and O–H groups in total. The number of nitrogens with zero attached hydrogens (tertiary/aromatic N) is 1. The molecule has 10 heteroatoms. The molecule has 1 aliphatic rings. The van der Waals surface area contributed by atoms with E-state index in [0.29, 0.717) is 23.6 Å². The second kappa shape index (κ2) is 6.81. The van der Waals surface area contributed by atoms with Crippen molar-refractivity contribution in [1.29, 1.82) is 0 Å². The molecule has 132 valence electrons. The summed E-state index contributed by atoms with van der Waals surface area (Å²) in [6.07, 6.45) is 0.00931. The predicted molar refractivity (Wildman–Crippen MR) is 81.7 cm³/mol. The van der Waals surface area contributed by atoms with Gasteiger partial charge in [0.2, 0.25) is 0 Å². The number of hydrogen-bond donors (Lipinski definition) is 1. The molecule has 0 amide bonds. The minimum absolute atomic E-state index is 0.284. The third-order valence-electron chi connectivity index (χ3n) is 3.09. The van der Waals surface area contributed by atoms with Crippen molar-refractivity contribution < 1.29 is 30.5 Å². The van der Waals surface area contributed by atoms with Crippen molar-refractivity contribution in [3.8, 4) is 5.75 Å². The molecule has 6 nitrogen and oxygen atoms in total. The zero-order valence-electron chi connectivity index (χ0n) is 12.8. The molecule has 0 bridgehead atoms. The first-order chi connectivity index (χ1) is 11.2. The second-order valence-corrected chi connectivity index (χ2v) is 6.32. The molecule has 1 aromatic carbocycles. The van der Waals surface area contributed by atoms with Crippen molar-refractivity contribution in [2.45, 2.75) is 25.1 Å².